The van der Waals surface area contributed by atoms with Crippen molar-refractivity contribution < 1.29 is 4.79 Å². The molecule has 2 aromatic heterocycles. The summed E-state index contributed by atoms with van der Waals surface area (Å²) in [6, 6.07) is 2.84. The molecule has 0 bridgehead atoms. The highest BCUT2D eigenvalue weighted by molar-refractivity contribution is 5.75. The Morgan fingerprint density at radius 3 is 2.90 bits per heavy atom. The fraction of sp³-hybridized carbons (Fsp3) is 0.333. The molecule has 0 aliphatic rings. The number of nitrogens with zero attached hydrogens (tertiary/aromatic N) is 4. The lowest BCUT2D eigenvalue weighted by Crippen LogP contribution is -2.33. The molecule has 2 heterocycles. The average Bonchev–Trinajstić information content (AvgIpc) is 2.79. The molecule has 2 rings (SSSR count). The number of hydrogen-bond acceptors (Lipinski definition) is 5. The second-order valence-corrected chi connectivity index (χ2v) is 4.52. The number of likely N-dealkylation sites (N-methyl/N-ethyl adjacent to an activating group) is 1. The minimum absolute atomic E-state index is 0.0657. The van der Waals surface area contributed by atoms with Crippen molar-refractivity contribution in [1.29, 1.82) is 0 Å². The van der Waals surface area contributed by atoms with Crippen molar-refractivity contribution in [3.8, 4) is 0 Å². The fourth-order valence-electron chi connectivity index (χ4n) is 1.70. The largest absolute Gasteiger partial charge is 0.398 e. The Morgan fingerprint density at radius 1 is 1.50 bits per heavy atom. The molecule has 0 fully saturated rings. The van der Waals surface area contributed by atoms with E-state index in [4.69, 9.17) is 5.73 Å². The molecule has 0 unspecified atom stereocenters. The number of H-pyrrole nitrogens is 1. The van der Waals surface area contributed by atoms with Crippen LogP contribution in [0.1, 0.15) is 11.6 Å². The van der Waals surface area contributed by atoms with Crippen LogP contribution in [0.3, 0.4) is 0 Å². The van der Waals surface area contributed by atoms with E-state index in [0.29, 0.717) is 17.3 Å². The van der Waals surface area contributed by atoms with Crippen LogP contribution in [0.15, 0.2) is 23.1 Å². The first-order valence-corrected chi connectivity index (χ1v) is 6.03. The van der Waals surface area contributed by atoms with Crippen molar-refractivity contribution in [1.82, 2.24) is 24.6 Å². The summed E-state index contributed by atoms with van der Waals surface area (Å²) in [5, 5.41) is 6.67. The van der Waals surface area contributed by atoms with Gasteiger partial charge in [-0.3, -0.25) is 14.7 Å². The van der Waals surface area contributed by atoms with Gasteiger partial charge < -0.3 is 15.2 Å². The molecule has 0 saturated heterocycles. The number of nitrogen functional groups attached to an aromatic ring is 1. The van der Waals surface area contributed by atoms with Crippen LogP contribution in [0.2, 0.25) is 0 Å². The van der Waals surface area contributed by atoms with Gasteiger partial charge in [0.05, 0.1) is 6.54 Å². The minimum Gasteiger partial charge on any atom is -0.398 e. The number of aromatic nitrogens is 4. The summed E-state index contributed by atoms with van der Waals surface area (Å²) in [6.45, 7) is 1.99. The molecule has 8 heteroatoms. The third kappa shape index (κ3) is 3.22. The van der Waals surface area contributed by atoms with E-state index in [1.165, 1.54) is 27.8 Å². The number of pyridine rings is 1. The summed E-state index contributed by atoms with van der Waals surface area (Å²) in [7, 11) is 1.63. The second-order valence-electron chi connectivity index (χ2n) is 4.52. The van der Waals surface area contributed by atoms with E-state index >= 15 is 0 Å². The molecule has 0 spiro atoms. The number of amides is 1. The van der Waals surface area contributed by atoms with Crippen LogP contribution in [-0.4, -0.2) is 37.6 Å². The molecule has 106 valence electrons. The summed E-state index contributed by atoms with van der Waals surface area (Å²) in [6.07, 6.45) is 1.45. The number of aryl methyl sites for hydroxylation is 1. The van der Waals surface area contributed by atoms with Crippen molar-refractivity contribution in [3.63, 3.8) is 0 Å². The first kappa shape index (κ1) is 13.8. The van der Waals surface area contributed by atoms with Crippen molar-refractivity contribution >= 4 is 11.6 Å². The van der Waals surface area contributed by atoms with E-state index in [1.807, 2.05) is 0 Å². The first-order chi connectivity index (χ1) is 9.45. The molecule has 0 radical (unpaired) electrons. The standard InChI is InChI=1S/C12H16N6O2/c1-8-14-10(16-15-8)6-17(2)12(20)7-18-5-9(13)3-4-11(18)19/h3-5H,6-7,13H2,1-2H3,(H,14,15,16). The van der Waals surface area contributed by atoms with Gasteiger partial charge in [0.25, 0.3) is 5.56 Å². The molecule has 3 N–H and O–H groups in total. The van der Waals surface area contributed by atoms with E-state index in [2.05, 4.69) is 15.2 Å². The zero-order valence-electron chi connectivity index (χ0n) is 11.3. The minimum atomic E-state index is -0.269. The van der Waals surface area contributed by atoms with Gasteiger partial charge in [0.1, 0.15) is 12.4 Å². The van der Waals surface area contributed by atoms with Crippen molar-refractivity contribution in [2.45, 2.75) is 20.0 Å². The van der Waals surface area contributed by atoms with Crippen molar-refractivity contribution in [2.75, 3.05) is 12.8 Å². The maximum atomic E-state index is 12.0. The van der Waals surface area contributed by atoms with Gasteiger partial charge in [0, 0.05) is 25.0 Å². The highest BCUT2D eigenvalue weighted by Crippen LogP contribution is 2.00. The summed E-state index contributed by atoms with van der Waals surface area (Å²) < 4.78 is 1.28. The number of rotatable bonds is 4. The molecule has 0 saturated carbocycles. The summed E-state index contributed by atoms with van der Waals surface area (Å²) >= 11 is 0. The van der Waals surface area contributed by atoms with Crippen molar-refractivity contribution in [3.05, 3.63) is 40.3 Å². The number of anilines is 1. The monoisotopic (exact) mass is 276 g/mol. The van der Waals surface area contributed by atoms with Gasteiger partial charge in [-0.25, -0.2) is 4.98 Å². The summed E-state index contributed by atoms with van der Waals surface area (Å²) in [5.41, 5.74) is 5.76. The van der Waals surface area contributed by atoms with E-state index in [0.717, 1.165) is 0 Å². The second kappa shape index (κ2) is 5.55. The van der Waals surface area contributed by atoms with Gasteiger partial charge in [-0.1, -0.05) is 0 Å². The lowest BCUT2D eigenvalue weighted by molar-refractivity contribution is -0.131. The van der Waals surface area contributed by atoms with E-state index in [-0.39, 0.29) is 24.6 Å². The number of aromatic amines is 1. The Kier molecular flexibility index (Phi) is 3.83. The number of hydrogen-bond donors (Lipinski definition) is 2. The lowest BCUT2D eigenvalue weighted by atomic mass is 10.4. The SMILES string of the molecule is Cc1nc(CN(C)C(=O)Cn2cc(N)ccc2=O)n[nH]1. The predicted molar refractivity (Wildman–Crippen MR) is 72.7 cm³/mol. The van der Waals surface area contributed by atoms with Crippen molar-refractivity contribution in [2.24, 2.45) is 0 Å². The molecule has 0 atom stereocenters. The molecule has 8 nitrogen and oxygen atoms in total. The summed E-state index contributed by atoms with van der Waals surface area (Å²) in [5.74, 6) is 0.992. The molecule has 1 amide bonds. The highest BCUT2D eigenvalue weighted by Gasteiger charge is 2.13. The van der Waals surface area contributed by atoms with Crippen LogP contribution in [0, 0.1) is 6.92 Å². The third-order valence-electron chi connectivity index (χ3n) is 2.76. The third-order valence-corrected chi connectivity index (χ3v) is 2.76. The number of nitrogens with two attached hydrogens (primary N) is 1. The van der Waals surface area contributed by atoms with Crippen LogP contribution in [0.5, 0.6) is 0 Å². The first-order valence-electron chi connectivity index (χ1n) is 6.03. The van der Waals surface area contributed by atoms with Gasteiger partial charge in [-0.05, 0) is 13.0 Å². The average molecular weight is 276 g/mol. The van der Waals surface area contributed by atoms with Crippen LogP contribution in [-0.2, 0) is 17.9 Å². The topological polar surface area (TPSA) is 110 Å². The van der Waals surface area contributed by atoms with Crippen LogP contribution >= 0.6 is 0 Å². The molecule has 0 aromatic carbocycles. The molecular weight excluding hydrogens is 260 g/mol. The molecule has 0 aliphatic carbocycles. The Balaban J connectivity index is 2.04. The Hall–Kier alpha value is -2.64. The number of carbonyl (C=O) groups is 1. The predicted octanol–water partition coefficient (Wildman–Crippen LogP) is -0.484. The van der Waals surface area contributed by atoms with Gasteiger partial charge >= 0.3 is 0 Å². The smallest absolute Gasteiger partial charge is 0.251 e. The number of carbonyl (C=O) groups excluding carboxylic acids is 1. The molecule has 2 aromatic rings. The van der Waals surface area contributed by atoms with Gasteiger partial charge in [0.15, 0.2) is 5.82 Å². The van der Waals surface area contributed by atoms with E-state index in [9.17, 15) is 9.59 Å². The maximum absolute atomic E-state index is 12.0. The Morgan fingerprint density at radius 2 is 2.25 bits per heavy atom. The van der Waals surface area contributed by atoms with Crippen LogP contribution in [0.4, 0.5) is 5.69 Å². The van der Waals surface area contributed by atoms with E-state index < -0.39 is 0 Å². The highest BCUT2D eigenvalue weighted by atomic mass is 16.2. The summed E-state index contributed by atoms with van der Waals surface area (Å²) in [4.78, 5) is 29.2. The van der Waals surface area contributed by atoms with E-state index in [1.54, 1.807) is 14.0 Å². The Bertz CT molecular complexity index is 675. The van der Waals surface area contributed by atoms with Gasteiger partial charge in [-0.15, -0.1) is 0 Å². The normalized spacial score (nSPS) is 10.5. The zero-order valence-corrected chi connectivity index (χ0v) is 11.3. The zero-order chi connectivity index (χ0) is 14.7. The number of nitrogens with one attached hydrogen (secondary N) is 1. The fourth-order valence-corrected chi connectivity index (χ4v) is 1.70. The molecule has 0 aliphatic heterocycles. The lowest BCUT2D eigenvalue weighted by Gasteiger charge is -2.16. The maximum Gasteiger partial charge on any atom is 0.251 e. The van der Waals surface area contributed by atoms with Crippen LogP contribution in [0.25, 0.3) is 0 Å². The quantitative estimate of drug-likeness (QED) is 0.783. The van der Waals surface area contributed by atoms with Gasteiger partial charge in [0.2, 0.25) is 5.91 Å². The van der Waals surface area contributed by atoms with Crippen LogP contribution < -0.4 is 11.3 Å². The molecular formula is C12H16N6O2. The van der Waals surface area contributed by atoms with Gasteiger partial charge in [-0.2, -0.15) is 5.10 Å². The molecule has 20 heavy (non-hydrogen) atoms. The Labute approximate surface area is 115 Å².